The van der Waals surface area contributed by atoms with E-state index in [0.29, 0.717) is 11.6 Å². The number of aryl methyl sites for hydroxylation is 1. The highest BCUT2D eigenvalue weighted by Crippen LogP contribution is 2.34. The van der Waals surface area contributed by atoms with E-state index in [0.717, 1.165) is 25.7 Å². The van der Waals surface area contributed by atoms with Crippen LogP contribution in [0, 0.1) is 12.7 Å². The Bertz CT molecular complexity index is 377. The van der Waals surface area contributed by atoms with Crippen molar-refractivity contribution in [3.8, 4) is 0 Å². The van der Waals surface area contributed by atoms with Gasteiger partial charge in [0.2, 0.25) is 0 Å². The summed E-state index contributed by atoms with van der Waals surface area (Å²) in [4.78, 5) is 7.74. The van der Waals surface area contributed by atoms with Crippen molar-refractivity contribution in [3.63, 3.8) is 0 Å². The molecule has 1 fully saturated rings. The fourth-order valence-electron chi connectivity index (χ4n) is 2.14. The average molecular weight is 244 g/mol. The largest absolute Gasteiger partial charge is 0.361 e. The van der Waals surface area contributed by atoms with Gasteiger partial charge >= 0.3 is 0 Å². The van der Waals surface area contributed by atoms with E-state index in [9.17, 15) is 4.39 Å². The highest BCUT2D eigenvalue weighted by Gasteiger charge is 2.34. The maximum absolute atomic E-state index is 13.7. The van der Waals surface area contributed by atoms with Crippen LogP contribution in [0.5, 0.6) is 0 Å². The lowest BCUT2D eigenvalue weighted by atomic mass is 10.0. The lowest BCUT2D eigenvalue weighted by Crippen LogP contribution is -2.37. The topological polar surface area (TPSA) is 37.8 Å². The Labute approximate surface area is 99.4 Å². The second kappa shape index (κ2) is 4.53. The molecule has 0 spiro atoms. The van der Waals surface area contributed by atoms with Crippen LogP contribution >= 0.6 is 11.6 Å². The molecule has 2 rings (SSSR count). The number of nitrogens with one attached hydrogen (secondary N) is 1. The summed E-state index contributed by atoms with van der Waals surface area (Å²) in [7, 11) is 0. The molecule has 1 aliphatic rings. The van der Waals surface area contributed by atoms with Crippen LogP contribution in [-0.2, 0) is 0 Å². The molecule has 1 aliphatic carbocycles. The standard InChI is InChI=1S/C11H15ClFN3/c1-8-9(13)10(15-7-14-8)16-11(6-12)4-2-3-5-11/h7H,2-6H2,1H3,(H,14,15,16). The Morgan fingerprint density at radius 3 is 2.75 bits per heavy atom. The summed E-state index contributed by atoms with van der Waals surface area (Å²) in [6.45, 7) is 1.63. The number of halogens is 2. The van der Waals surface area contributed by atoms with Gasteiger partial charge in [0.25, 0.3) is 0 Å². The zero-order chi connectivity index (χ0) is 11.6. The van der Waals surface area contributed by atoms with E-state index in [1.807, 2.05) is 0 Å². The van der Waals surface area contributed by atoms with Crippen molar-refractivity contribution in [1.29, 1.82) is 0 Å². The van der Waals surface area contributed by atoms with Crippen LogP contribution in [0.2, 0.25) is 0 Å². The summed E-state index contributed by atoms with van der Waals surface area (Å²) < 4.78 is 13.7. The van der Waals surface area contributed by atoms with E-state index in [4.69, 9.17) is 11.6 Å². The third-order valence-electron chi connectivity index (χ3n) is 3.16. The van der Waals surface area contributed by atoms with Gasteiger partial charge in [0, 0.05) is 5.88 Å². The minimum absolute atomic E-state index is 0.191. The lowest BCUT2D eigenvalue weighted by molar-refractivity contribution is 0.523. The Hall–Kier alpha value is -0.900. The van der Waals surface area contributed by atoms with Crippen LogP contribution in [-0.4, -0.2) is 21.4 Å². The first-order chi connectivity index (χ1) is 7.67. The minimum atomic E-state index is -0.376. The summed E-state index contributed by atoms with van der Waals surface area (Å²) in [6.07, 6.45) is 5.58. The Kier molecular flexibility index (Phi) is 3.28. The molecule has 16 heavy (non-hydrogen) atoms. The predicted molar refractivity (Wildman–Crippen MR) is 62.3 cm³/mol. The number of hydrogen-bond donors (Lipinski definition) is 1. The maximum atomic E-state index is 13.7. The number of anilines is 1. The van der Waals surface area contributed by atoms with Crippen molar-refractivity contribution >= 4 is 17.4 Å². The molecule has 3 nitrogen and oxygen atoms in total. The first-order valence-corrected chi connectivity index (χ1v) is 6.02. The van der Waals surface area contributed by atoms with Gasteiger partial charge in [-0.3, -0.25) is 0 Å². The van der Waals surface area contributed by atoms with Crippen LogP contribution in [0.1, 0.15) is 31.4 Å². The van der Waals surface area contributed by atoms with Crippen LogP contribution in [0.15, 0.2) is 6.33 Å². The first kappa shape index (κ1) is 11.6. The first-order valence-electron chi connectivity index (χ1n) is 5.48. The van der Waals surface area contributed by atoms with E-state index >= 15 is 0 Å². The summed E-state index contributed by atoms with van der Waals surface area (Å²) in [6, 6.07) is 0. The van der Waals surface area contributed by atoms with Gasteiger partial charge in [-0.15, -0.1) is 11.6 Å². The molecule has 5 heteroatoms. The van der Waals surface area contributed by atoms with Gasteiger partial charge in [0.1, 0.15) is 6.33 Å². The van der Waals surface area contributed by atoms with E-state index in [1.165, 1.54) is 6.33 Å². The molecule has 88 valence electrons. The second-order valence-corrected chi connectivity index (χ2v) is 4.63. The number of aromatic nitrogens is 2. The molecule has 1 heterocycles. The van der Waals surface area contributed by atoms with Crippen LogP contribution in [0.4, 0.5) is 10.2 Å². The molecule has 1 N–H and O–H groups in total. The Balaban J connectivity index is 2.22. The summed E-state index contributed by atoms with van der Waals surface area (Å²) in [5.74, 6) is 0.379. The van der Waals surface area contributed by atoms with Crippen molar-refractivity contribution in [2.45, 2.75) is 38.1 Å². The van der Waals surface area contributed by atoms with Crippen molar-refractivity contribution in [3.05, 3.63) is 17.8 Å². The fraction of sp³-hybridized carbons (Fsp3) is 0.636. The quantitative estimate of drug-likeness (QED) is 0.830. The zero-order valence-electron chi connectivity index (χ0n) is 9.26. The van der Waals surface area contributed by atoms with Crippen molar-refractivity contribution in [2.24, 2.45) is 0 Å². The smallest absolute Gasteiger partial charge is 0.186 e. The third-order valence-corrected chi connectivity index (χ3v) is 3.68. The molecule has 0 aromatic carbocycles. The predicted octanol–water partition coefficient (Wildman–Crippen LogP) is 2.89. The number of nitrogens with zero attached hydrogens (tertiary/aromatic N) is 2. The lowest BCUT2D eigenvalue weighted by Gasteiger charge is -2.28. The van der Waals surface area contributed by atoms with Crippen LogP contribution in [0.25, 0.3) is 0 Å². The van der Waals surface area contributed by atoms with Gasteiger partial charge in [0.15, 0.2) is 11.6 Å². The zero-order valence-corrected chi connectivity index (χ0v) is 10.0. The van der Waals surface area contributed by atoms with E-state index in [-0.39, 0.29) is 17.2 Å². The molecule has 0 atom stereocenters. The van der Waals surface area contributed by atoms with E-state index in [2.05, 4.69) is 15.3 Å². The van der Waals surface area contributed by atoms with Gasteiger partial charge in [-0.2, -0.15) is 0 Å². The molecule has 0 amide bonds. The monoisotopic (exact) mass is 243 g/mol. The summed E-state index contributed by atoms with van der Waals surface area (Å²) in [5, 5.41) is 3.16. The van der Waals surface area contributed by atoms with Crippen LogP contribution in [0.3, 0.4) is 0 Å². The minimum Gasteiger partial charge on any atom is -0.361 e. The van der Waals surface area contributed by atoms with E-state index < -0.39 is 0 Å². The molecule has 0 aliphatic heterocycles. The van der Waals surface area contributed by atoms with Gasteiger partial charge in [0.05, 0.1) is 11.2 Å². The highest BCUT2D eigenvalue weighted by atomic mass is 35.5. The normalized spacial score (nSPS) is 18.7. The molecule has 0 bridgehead atoms. The van der Waals surface area contributed by atoms with E-state index in [1.54, 1.807) is 6.92 Å². The number of rotatable bonds is 3. The van der Waals surface area contributed by atoms with Gasteiger partial charge < -0.3 is 5.32 Å². The van der Waals surface area contributed by atoms with Gasteiger partial charge in [-0.05, 0) is 19.8 Å². The molecular formula is C11H15ClFN3. The maximum Gasteiger partial charge on any atom is 0.186 e. The summed E-state index contributed by atoms with van der Waals surface area (Å²) >= 11 is 5.98. The second-order valence-electron chi connectivity index (χ2n) is 4.37. The van der Waals surface area contributed by atoms with Crippen molar-refractivity contribution in [1.82, 2.24) is 9.97 Å². The molecule has 0 saturated heterocycles. The van der Waals surface area contributed by atoms with Gasteiger partial charge in [-0.1, -0.05) is 12.8 Å². The highest BCUT2D eigenvalue weighted by molar-refractivity contribution is 6.18. The molecule has 1 aromatic rings. The van der Waals surface area contributed by atoms with Crippen LogP contribution < -0.4 is 5.32 Å². The SMILES string of the molecule is Cc1ncnc(NC2(CCl)CCCC2)c1F. The van der Waals surface area contributed by atoms with Crippen molar-refractivity contribution < 1.29 is 4.39 Å². The average Bonchev–Trinajstić information content (AvgIpc) is 2.74. The summed E-state index contributed by atoms with van der Waals surface area (Å²) in [5.41, 5.74) is 0.170. The Morgan fingerprint density at radius 1 is 1.44 bits per heavy atom. The molecule has 1 aromatic heterocycles. The van der Waals surface area contributed by atoms with Crippen molar-refractivity contribution in [2.75, 3.05) is 11.2 Å². The third kappa shape index (κ3) is 2.12. The fourth-order valence-corrected chi connectivity index (χ4v) is 2.47. The van der Waals surface area contributed by atoms with Gasteiger partial charge in [-0.25, -0.2) is 14.4 Å². The molecular weight excluding hydrogens is 229 g/mol. The number of hydrogen-bond acceptors (Lipinski definition) is 3. The molecule has 0 unspecified atom stereocenters. The molecule has 0 radical (unpaired) electrons. The molecule has 1 saturated carbocycles. The Morgan fingerprint density at radius 2 is 2.12 bits per heavy atom. The number of alkyl halides is 1.